The van der Waals surface area contributed by atoms with Crippen LogP contribution >= 0.6 is 0 Å². The van der Waals surface area contributed by atoms with Gasteiger partial charge in [0.1, 0.15) is 5.52 Å². The number of amides is 2. The van der Waals surface area contributed by atoms with Gasteiger partial charge >= 0.3 is 0 Å². The van der Waals surface area contributed by atoms with Crippen molar-refractivity contribution in [1.29, 1.82) is 0 Å². The number of primary amides is 1. The van der Waals surface area contributed by atoms with Gasteiger partial charge < -0.3 is 11.1 Å². The second-order valence-corrected chi connectivity index (χ2v) is 6.30. The van der Waals surface area contributed by atoms with Gasteiger partial charge in [-0.2, -0.15) is 0 Å². The van der Waals surface area contributed by atoms with Gasteiger partial charge in [0.05, 0.1) is 23.3 Å². The summed E-state index contributed by atoms with van der Waals surface area (Å²) in [7, 11) is 0. The average molecular weight is 371 g/mol. The van der Waals surface area contributed by atoms with Crippen molar-refractivity contribution in [2.75, 3.05) is 5.32 Å². The Hall–Kier alpha value is -4.00. The fourth-order valence-electron chi connectivity index (χ4n) is 2.97. The van der Waals surface area contributed by atoms with Crippen molar-refractivity contribution in [3.05, 3.63) is 89.5 Å². The summed E-state index contributed by atoms with van der Waals surface area (Å²) in [5, 5.41) is 11.0. The summed E-state index contributed by atoms with van der Waals surface area (Å²) in [5.41, 5.74) is 9.26. The van der Waals surface area contributed by atoms with E-state index >= 15 is 0 Å². The van der Waals surface area contributed by atoms with E-state index < -0.39 is 5.91 Å². The van der Waals surface area contributed by atoms with Gasteiger partial charge in [0.2, 0.25) is 0 Å². The zero-order chi connectivity index (χ0) is 19.5. The maximum absolute atomic E-state index is 12.5. The Bertz CT molecular complexity index is 1160. The van der Waals surface area contributed by atoms with Crippen molar-refractivity contribution >= 4 is 28.5 Å². The van der Waals surface area contributed by atoms with Gasteiger partial charge in [0.15, 0.2) is 0 Å². The monoisotopic (exact) mass is 371 g/mol. The van der Waals surface area contributed by atoms with E-state index in [-0.39, 0.29) is 11.5 Å². The number of nitrogens with one attached hydrogen (secondary N) is 1. The lowest BCUT2D eigenvalue weighted by molar-refractivity contribution is 0.100. The van der Waals surface area contributed by atoms with Gasteiger partial charge in [-0.25, -0.2) is 4.68 Å². The van der Waals surface area contributed by atoms with Crippen molar-refractivity contribution in [1.82, 2.24) is 15.0 Å². The molecule has 0 spiro atoms. The van der Waals surface area contributed by atoms with Gasteiger partial charge in [0.25, 0.3) is 11.8 Å². The number of nitrogens with zero attached hydrogens (tertiary/aromatic N) is 3. The smallest absolute Gasteiger partial charge is 0.255 e. The minimum atomic E-state index is -0.591. The molecular formula is C21H17N5O2. The van der Waals surface area contributed by atoms with Crippen molar-refractivity contribution < 1.29 is 9.59 Å². The Morgan fingerprint density at radius 3 is 2.43 bits per heavy atom. The number of rotatable bonds is 5. The quantitative estimate of drug-likeness (QED) is 0.563. The number of fused-ring (bicyclic) bond motifs is 1. The SMILES string of the molecule is NC(=O)c1ccccc1NC(=O)c1ccc(Cn2nnc3ccccc32)cc1. The number of hydrogen-bond acceptors (Lipinski definition) is 4. The Kier molecular flexibility index (Phi) is 4.55. The summed E-state index contributed by atoms with van der Waals surface area (Å²) < 4.78 is 1.81. The second-order valence-electron chi connectivity index (χ2n) is 6.30. The lowest BCUT2D eigenvalue weighted by Gasteiger charge is -2.09. The molecule has 0 unspecified atom stereocenters. The van der Waals surface area contributed by atoms with E-state index in [0.29, 0.717) is 17.8 Å². The summed E-state index contributed by atoms with van der Waals surface area (Å²) in [5.74, 6) is -0.905. The minimum Gasteiger partial charge on any atom is -0.366 e. The van der Waals surface area contributed by atoms with Crippen LogP contribution in [0.3, 0.4) is 0 Å². The molecule has 28 heavy (non-hydrogen) atoms. The summed E-state index contributed by atoms with van der Waals surface area (Å²) in [6.45, 7) is 0.549. The Labute approximate surface area is 160 Å². The average Bonchev–Trinajstić information content (AvgIpc) is 3.12. The van der Waals surface area contributed by atoms with Crippen LogP contribution in [0.2, 0.25) is 0 Å². The van der Waals surface area contributed by atoms with Crippen LogP contribution in [-0.4, -0.2) is 26.8 Å². The number of hydrogen-bond donors (Lipinski definition) is 2. The van der Waals surface area contributed by atoms with E-state index in [4.69, 9.17) is 5.73 Å². The number of nitrogens with two attached hydrogens (primary N) is 1. The summed E-state index contributed by atoms with van der Waals surface area (Å²) in [6.07, 6.45) is 0. The second kappa shape index (κ2) is 7.32. The molecule has 0 aliphatic carbocycles. The molecule has 0 aliphatic heterocycles. The number of para-hydroxylation sites is 2. The fraction of sp³-hybridized carbons (Fsp3) is 0.0476. The largest absolute Gasteiger partial charge is 0.366 e. The zero-order valence-electron chi connectivity index (χ0n) is 14.9. The summed E-state index contributed by atoms with van der Waals surface area (Å²) in [6, 6.07) is 21.6. The van der Waals surface area contributed by atoms with Crippen LogP contribution in [0.5, 0.6) is 0 Å². The molecule has 1 aromatic heterocycles. The van der Waals surface area contributed by atoms with Crippen LogP contribution < -0.4 is 11.1 Å². The highest BCUT2D eigenvalue weighted by molar-refractivity contribution is 6.08. The van der Waals surface area contributed by atoms with Gasteiger partial charge in [-0.05, 0) is 42.0 Å². The highest BCUT2D eigenvalue weighted by atomic mass is 16.2. The van der Waals surface area contributed by atoms with E-state index in [0.717, 1.165) is 16.6 Å². The molecule has 138 valence electrons. The molecule has 0 radical (unpaired) electrons. The van der Waals surface area contributed by atoms with Crippen LogP contribution in [0, 0.1) is 0 Å². The number of anilines is 1. The van der Waals surface area contributed by atoms with Crippen molar-refractivity contribution in [2.45, 2.75) is 6.54 Å². The first-order valence-electron chi connectivity index (χ1n) is 8.69. The van der Waals surface area contributed by atoms with Crippen molar-refractivity contribution in [3.63, 3.8) is 0 Å². The number of benzene rings is 3. The van der Waals surface area contributed by atoms with E-state index in [2.05, 4.69) is 15.6 Å². The zero-order valence-corrected chi connectivity index (χ0v) is 14.9. The Balaban J connectivity index is 1.50. The van der Waals surface area contributed by atoms with Crippen LogP contribution in [-0.2, 0) is 6.54 Å². The standard InChI is InChI=1S/C21H17N5O2/c22-20(27)16-5-1-2-6-17(16)23-21(28)15-11-9-14(10-12-15)13-26-19-8-4-3-7-18(19)24-25-26/h1-12H,13H2,(H2,22,27)(H,23,28). The van der Waals surface area contributed by atoms with Gasteiger partial charge in [-0.15, -0.1) is 5.10 Å². The molecule has 0 saturated carbocycles. The highest BCUT2D eigenvalue weighted by Gasteiger charge is 2.12. The van der Waals surface area contributed by atoms with Gasteiger partial charge in [-0.3, -0.25) is 9.59 Å². The fourth-order valence-corrected chi connectivity index (χ4v) is 2.97. The maximum atomic E-state index is 12.5. The first-order chi connectivity index (χ1) is 13.6. The molecule has 0 fully saturated rings. The normalized spacial score (nSPS) is 10.7. The van der Waals surface area contributed by atoms with E-state index in [1.165, 1.54) is 0 Å². The number of carbonyl (C=O) groups excluding carboxylic acids is 2. The molecule has 2 amide bonds. The lowest BCUT2D eigenvalue weighted by Crippen LogP contribution is -2.18. The lowest BCUT2D eigenvalue weighted by atomic mass is 10.1. The van der Waals surface area contributed by atoms with Crippen molar-refractivity contribution in [2.24, 2.45) is 5.73 Å². The topological polar surface area (TPSA) is 103 Å². The number of carbonyl (C=O) groups is 2. The molecule has 3 N–H and O–H groups in total. The third kappa shape index (κ3) is 3.45. The Morgan fingerprint density at radius 1 is 0.929 bits per heavy atom. The first kappa shape index (κ1) is 17.4. The highest BCUT2D eigenvalue weighted by Crippen LogP contribution is 2.17. The van der Waals surface area contributed by atoms with Crippen LogP contribution in [0.1, 0.15) is 26.3 Å². The van der Waals surface area contributed by atoms with Crippen LogP contribution in [0.25, 0.3) is 11.0 Å². The Morgan fingerprint density at radius 2 is 1.64 bits per heavy atom. The third-order valence-corrected chi connectivity index (χ3v) is 4.41. The molecule has 7 nitrogen and oxygen atoms in total. The van der Waals surface area contributed by atoms with Crippen LogP contribution in [0.4, 0.5) is 5.69 Å². The molecule has 4 aromatic rings. The molecule has 7 heteroatoms. The van der Waals surface area contributed by atoms with Gasteiger partial charge in [-0.1, -0.05) is 41.6 Å². The molecule has 0 aliphatic rings. The van der Waals surface area contributed by atoms with Gasteiger partial charge in [0, 0.05) is 5.56 Å². The van der Waals surface area contributed by atoms with E-state index in [1.807, 2.05) is 41.1 Å². The molecule has 4 rings (SSSR count). The predicted octanol–water partition coefficient (Wildman–Crippen LogP) is 2.83. The third-order valence-electron chi connectivity index (χ3n) is 4.41. The maximum Gasteiger partial charge on any atom is 0.255 e. The molecule has 0 bridgehead atoms. The van der Waals surface area contributed by atoms with E-state index in [1.54, 1.807) is 36.4 Å². The number of aromatic nitrogens is 3. The molecule has 3 aromatic carbocycles. The van der Waals surface area contributed by atoms with E-state index in [9.17, 15) is 9.59 Å². The molecule has 0 atom stereocenters. The predicted molar refractivity (Wildman–Crippen MR) is 106 cm³/mol. The molecule has 1 heterocycles. The summed E-state index contributed by atoms with van der Waals surface area (Å²) >= 11 is 0. The first-order valence-corrected chi connectivity index (χ1v) is 8.69. The van der Waals surface area contributed by atoms with Crippen molar-refractivity contribution in [3.8, 4) is 0 Å². The minimum absolute atomic E-state index is 0.269. The van der Waals surface area contributed by atoms with Crippen LogP contribution in [0.15, 0.2) is 72.8 Å². The molecule has 0 saturated heterocycles. The molecular weight excluding hydrogens is 354 g/mol. The summed E-state index contributed by atoms with van der Waals surface area (Å²) in [4.78, 5) is 24.0.